The van der Waals surface area contributed by atoms with E-state index in [1.54, 1.807) is 31.3 Å². The number of benzene rings is 1. The lowest BCUT2D eigenvalue weighted by molar-refractivity contribution is 0.0516. The summed E-state index contributed by atoms with van der Waals surface area (Å²) < 4.78 is 1.84. The van der Waals surface area contributed by atoms with Gasteiger partial charge in [-0.3, -0.25) is 9.67 Å². The first-order valence-electron chi connectivity index (χ1n) is 8.41. The highest BCUT2D eigenvalue weighted by Crippen LogP contribution is 2.20. The topological polar surface area (TPSA) is 69.4 Å². The molecule has 0 spiro atoms. The largest absolute Gasteiger partial charge is 0.365 e. The van der Waals surface area contributed by atoms with Crippen LogP contribution in [0.15, 0.2) is 53.8 Å². The van der Waals surface area contributed by atoms with Crippen molar-refractivity contribution in [2.24, 2.45) is 5.16 Å². The van der Waals surface area contributed by atoms with Gasteiger partial charge in [0.15, 0.2) is 0 Å². The van der Waals surface area contributed by atoms with Gasteiger partial charge < -0.3 is 4.84 Å². The van der Waals surface area contributed by atoms with Gasteiger partial charge in [0.1, 0.15) is 5.71 Å². The molecule has 0 radical (unpaired) electrons. The zero-order chi connectivity index (χ0) is 19.4. The molecule has 27 heavy (non-hydrogen) atoms. The van der Waals surface area contributed by atoms with Crippen molar-refractivity contribution in [3.63, 3.8) is 0 Å². The van der Waals surface area contributed by atoms with E-state index < -0.39 is 5.97 Å². The van der Waals surface area contributed by atoms with Crippen molar-refractivity contribution in [1.82, 2.24) is 14.8 Å². The number of rotatable bonds is 5. The number of aryl methyl sites for hydroxylation is 1. The number of halogens is 1. The molecule has 0 bridgehead atoms. The van der Waals surface area contributed by atoms with E-state index in [1.807, 2.05) is 42.8 Å². The number of aromatic nitrogens is 3. The molecule has 0 aliphatic carbocycles. The summed E-state index contributed by atoms with van der Waals surface area (Å²) >= 11 is 6.17. The molecule has 0 saturated carbocycles. The second-order valence-electron chi connectivity index (χ2n) is 6.11. The minimum atomic E-state index is -0.522. The highest BCUT2D eigenvalue weighted by atomic mass is 35.5. The van der Waals surface area contributed by atoms with Gasteiger partial charge in [0.25, 0.3) is 0 Å². The van der Waals surface area contributed by atoms with Crippen molar-refractivity contribution in [3.8, 4) is 0 Å². The summed E-state index contributed by atoms with van der Waals surface area (Å²) in [4.78, 5) is 21.3. The number of hydrogen-bond acceptors (Lipinski definition) is 5. The minimum Gasteiger partial charge on any atom is -0.312 e. The van der Waals surface area contributed by atoms with Crippen LogP contribution in [0.5, 0.6) is 0 Å². The average Bonchev–Trinajstić information content (AvgIpc) is 2.93. The molecule has 1 aromatic carbocycles. The predicted molar refractivity (Wildman–Crippen MR) is 104 cm³/mol. The summed E-state index contributed by atoms with van der Waals surface area (Å²) in [6, 6.07) is 12.6. The molecular formula is C20H19ClN4O2. The van der Waals surface area contributed by atoms with Crippen molar-refractivity contribution in [3.05, 3.63) is 81.9 Å². The van der Waals surface area contributed by atoms with E-state index in [-0.39, 0.29) is 0 Å². The number of oxime groups is 1. The van der Waals surface area contributed by atoms with Crippen LogP contribution in [0.3, 0.4) is 0 Å². The van der Waals surface area contributed by atoms with Crippen molar-refractivity contribution < 1.29 is 9.63 Å². The van der Waals surface area contributed by atoms with Gasteiger partial charge in [-0.15, -0.1) is 0 Å². The monoisotopic (exact) mass is 382 g/mol. The number of carbonyl (C=O) groups excluding carboxylic acids is 1. The number of carbonyl (C=O) groups is 1. The number of nitrogens with zero attached hydrogens (tertiary/aromatic N) is 4. The van der Waals surface area contributed by atoms with Crippen molar-refractivity contribution in [1.29, 1.82) is 0 Å². The van der Waals surface area contributed by atoms with E-state index in [1.165, 1.54) is 0 Å². The third-order valence-corrected chi connectivity index (χ3v) is 4.66. The SMILES string of the molecule is C/C(=N\OC(=O)c1ccc(Cn2nc(C)c(Cl)c2C)cc1)c1ccccn1. The molecule has 7 heteroatoms. The lowest BCUT2D eigenvalue weighted by Crippen LogP contribution is -2.06. The lowest BCUT2D eigenvalue weighted by Gasteiger charge is -2.06. The second-order valence-corrected chi connectivity index (χ2v) is 6.49. The Balaban J connectivity index is 1.66. The fourth-order valence-electron chi connectivity index (χ4n) is 2.53. The number of hydrogen-bond donors (Lipinski definition) is 0. The molecule has 0 aliphatic rings. The average molecular weight is 383 g/mol. The van der Waals surface area contributed by atoms with Crippen molar-refractivity contribution in [2.75, 3.05) is 0 Å². The molecule has 0 fully saturated rings. The number of pyridine rings is 1. The Hall–Kier alpha value is -2.99. The predicted octanol–water partition coefficient (Wildman–Crippen LogP) is 4.18. The van der Waals surface area contributed by atoms with Crippen LogP contribution in [0.4, 0.5) is 0 Å². The Morgan fingerprint density at radius 1 is 1.19 bits per heavy atom. The van der Waals surface area contributed by atoms with E-state index in [0.29, 0.717) is 28.5 Å². The smallest absolute Gasteiger partial charge is 0.312 e. The van der Waals surface area contributed by atoms with Crippen LogP contribution in [0.2, 0.25) is 5.02 Å². The van der Waals surface area contributed by atoms with Crippen molar-refractivity contribution >= 4 is 23.3 Å². The van der Waals surface area contributed by atoms with Gasteiger partial charge in [0.2, 0.25) is 0 Å². The molecule has 2 aromatic heterocycles. The molecule has 138 valence electrons. The fraction of sp³-hybridized carbons (Fsp3) is 0.200. The molecule has 3 rings (SSSR count). The molecule has 0 amide bonds. The van der Waals surface area contributed by atoms with Gasteiger partial charge in [-0.1, -0.05) is 35.0 Å². The van der Waals surface area contributed by atoms with Gasteiger partial charge in [0, 0.05) is 6.20 Å². The summed E-state index contributed by atoms with van der Waals surface area (Å²) in [7, 11) is 0. The highest BCUT2D eigenvalue weighted by molar-refractivity contribution is 6.31. The van der Waals surface area contributed by atoms with E-state index >= 15 is 0 Å². The second kappa shape index (κ2) is 8.14. The van der Waals surface area contributed by atoms with Crippen LogP contribution in [0.25, 0.3) is 0 Å². The first-order valence-corrected chi connectivity index (χ1v) is 8.79. The quantitative estimate of drug-likeness (QED) is 0.377. The summed E-state index contributed by atoms with van der Waals surface area (Å²) in [5.41, 5.74) is 4.32. The third kappa shape index (κ3) is 4.41. The Kier molecular flexibility index (Phi) is 5.66. The highest BCUT2D eigenvalue weighted by Gasteiger charge is 2.11. The molecular weight excluding hydrogens is 364 g/mol. The Morgan fingerprint density at radius 3 is 2.52 bits per heavy atom. The normalized spacial score (nSPS) is 11.5. The van der Waals surface area contributed by atoms with Crippen LogP contribution in [-0.4, -0.2) is 26.4 Å². The van der Waals surface area contributed by atoms with Crippen LogP contribution in [0.1, 0.15) is 39.9 Å². The van der Waals surface area contributed by atoms with Gasteiger partial charge in [-0.25, -0.2) is 4.79 Å². The summed E-state index contributed by atoms with van der Waals surface area (Å²) in [5.74, 6) is -0.522. The first-order chi connectivity index (χ1) is 13.0. The first kappa shape index (κ1) is 18.8. The Morgan fingerprint density at radius 2 is 1.93 bits per heavy atom. The molecule has 0 atom stereocenters. The molecule has 0 aliphatic heterocycles. The van der Waals surface area contributed by atoms with Gasteiger partial charge in [-0.2, -0.15) is 5.10 Å². The molecule has 2 heterocycles. The van der Waals surface area contributed by atoms with Crippen LogP contribution >= 0.6 is 11.6 Å². The van der Waals surface area contributed by atoms with Gasteiger partial charge in [-0.05, 0) is 50.6 Å². The molecule has 0 unspecified atom stereocenters. The minimum absolute atomic E-state index is 0.419. The van der Waals surface area contributed by atoms with E-state index in [2.05, 4.69) is 15.2 Å². The zero-order valence-electron chi connectivity index (χ0n) is 15.3. The standard InChI is InChI=1S/C20H19ClN4O2/c1-13(18-6-4-5-11-22-18)24-27-20(26)17-9-7-16(8-10-17)12-25-15(3)19(21)14(2)23-25/h4-11H,12H2,1-3H3/b24-13+. The van der Waals surface area contributed by atoms with Crippen molar-refractivity contribution in [2.45, 2.75) is 27.3 Å². The Bertz CT molecular complexity index is 979. The Labute approximate surface area is 162 Å². The summed E-state index contributed by atoms with van der Waals surface area (Å²) in [6.45, 7) is 6.11. The maximum absolute atomic E-state index is 12.2. The molecule has 3 aromatic rings. The van der Waals surface area contributed by atoms with E-state index in [0.717, 1.165) is 17.0 Å². The molecule has 6 nitrogen and oxygen atoms in total. The molecule has 0 N–H and O–H groups in total. The van der Waals surface area contributed by atoms with Crippen LogP contribution in [0, 0.1) is 13.8 Å². The van der Waals surface area contributed by atoms with E-state index in [4.69, 9.17) is 16.4 Å². The third-order valence-electron chi connectivity index (χ3n) is 4.12. The van der Waals surface area contributed by atoms with E-state index in [9.17, 15) is 4.79 Å². The lowest BCUT2D eigenvalue weighted by atomic mass is 10.1. The van der Waals surface area contributed by atoms with Crippen LogP contribution < -0.4 is 0 Å². The zero-order valence-corrected chi connectivity index (χ0v) is 16.1. The van der Waals surface area contributed by atoms with Gasteiger partial charge >= 0.3 is 5.97 Å². The maximum Gasteiger partial charge on any atom is 0.365 e. The maximum atomic E-state index is 12.2. The summed E-state index contributed by atoms with van der Waals surface area (Å²) in [6.07, 6.45) is 1.66. The summed E-state index contributed by atoms with van der Waals surface area (Å²) in [5, 5.41) is 8.95. The van der Waals surface area contributed by atoms with Gasteiger partial charge in [0.05, 0.1) is 34.2 Å². The molecule has 0 saturated heterocycles. The fourth-order valence-corrected chi connectivity index (χ4v) is 2.67. The van der Waals surface area contributed by atoms with Crippen LogP contribution in [-0.2, 0) is 11.4 Å².